The summed E-state index contributed by atoms with van der Waals surface area (Å²) in [5.74, 6) is 5.00. The summed E-state index contributed by atoms with van der Waals surface area (Å²) in [5, 5.41) is 15.4. The summed E-state index contributed by atoms with van der Waals surface area (Å²) >= 11 is 0. The van der Waals surface area contributed by atoms with Crippen molar-refractivity contribution < 1.29 is 9.76 Å². The molecule has 0 aliphatic carbocycles. The molecule has 2 aromatic heterocycles. The maximum absolute atomic E-state index is 11.2. The van der Waals surface area contributed by atoms with E-state index in [0.717, 1.165) is 5.69 Å². The van der Waals surface area contributed by atoms with E-state index < -0.39 is 4.92 Å². The number of nitro groups is 1. The third kappa shape index (κ3) is 2.81. The average molecular weight is 277 g/mol. The fourth-order valence-corrected chi connectivity index (χ4v) is 2.05. The highest BCUT2D eigenvalue weighted by Crippen LogP contribution is 2.25. The second-order valence-electron chi connectivity index (χ2n) is 4.14. The first kappa shape index (κ1) is 14.1. The predicted octanol–water partition coefficient (Wildman–Crippen LogP) is 1.19. The molecule has 0 radical (unpaired) electrons. The lowest BCUT2D eigenvalue weighted by molar-refractivity contribution is -0.386. The topological polar surface area (TPSA) is 109 Å². The van der Waals surface area contributed by atoms with Crippen LogP contribution < -0.4 is 5.90 Å². The molecule has 0 aliphatic rings. The number of aromatic nitrogens is 3. The molecule has 0 saturated carbocycles. The molecule has 8 nitrogen and oxygen atoms in total. The minimum absolute atomic E-state index is 0.0334. The summed E-state index contributed by atoms with van der Waals surface area (Å²) in [6, 6.07) is 5.51. The Labute approximate surface area is 115 Å². The van der Waals surface area contributed by atoms with Crippen LogP contribution in [0.15, 0.2) is 24.4 Å². The van der Waals surface area contributed by atoms with E-state index in [-0.39, 0.29) is 18.0 Å². The molecule has 0 bridgehead atoms. The number of nitrogens with zero attached hydrogens (tertiary/aromatic N) is 4. The van der Waals surface area contributed by atoms with Crippen LogP contribution in [0.1, 0.15) is 24.0 Å². The van der Waals surface area contributed by atoms with Gasteiger partial charge in [0.2, 0.25) is 0 Å². The Hall–Kier alpha value is -2.32. The van der Waals surface area contributed by atoms with Crippen molar-refractivity contribution in [2.24, 2.45) is 5.90 Å². The van der Waals surface area contributed by atoms with Crippen molar-refractivity contribution in [3.8, 4) is 0 Å². The molecule has 0 fully saturated rings. The maximum atomic E-state index is 11.2. The molecular weight excluding hydrogens is 262 g/mol. The molecule has 2 N–H and O–H groups in total. The minimum Gasteiger partial charge on any atom is -0.298 e. The van der Waals surface area contributed by atoms with Crippen molar-refractivity contribution in [1.82, 2.24) is 14.8 Å². The molecule has 2 rings (SSSR count). The monoisotopic (exact) mass is 277 g/mol. The van der Waals surface area contributed by atoms with Gasteiger partial charge in [0, 0.05) is 6.20 Å². The normalized spacial score (nSPS) is 10.7. The van der Waals surface area contributed by atoms with E-state index in [1.54, 1.807) is 10.9 Å². The maximum Gasteiger partial charge on any atom is 0.315 e. The number of nitrogens with two attached hydrogens (primary N) is 1. The van der Waals surface area contributed by atoms with Gasteiger partial charge in [-0.2, -0.15) is 5.10 Å². The second kappa shape index (κ2) is 6.22. The zero-order valence-electron chi connectivity index (χ0n) is 11.0. The van der Waals surface area contributed by atoms with Gasteiger partial charge >= 0.3 is 5.69 Å². The van der Waals surface area contributed by atoms with Gasteiger partial charge in [-0.15, -0.1) is 0 Å². The Kier molecular flexibility index (Phi) is 4.38. The number of hydrogen-bond donors (Lipinski definition) is 1. The first-order chi connectivity index (χ1) is 9.67. The molecule has 106 valence electrons. The Morgan fingerprint density at radius 2 is 2.30 bits per heavy atom. The van der Waals surface area contributed by atoms with Crippen LogP contribution in [0.5, 0.6) is 0 Å². The fourth-order valence-electron chi connectivity index (χ4n) is 2.05. The molecule has 0 spiro atoms. The quantitative estimate of drug-likeness (QED) is 0.627. The number of pyridine rings is 1. The summed E-state index contributed by atoms with van der Waals surface area (Å²) in [7, 11) is 0. The first-order valence-corrected chi connectivity index (χ1v) is 6.11. The van der Waals surface area contributed by atoms with Crippen molar-refractivity contribution in [2.75, 3.05) is 0 Å². The Balaban J connectivity index is 2.42. The molecule has 0 amide bonds. The van der Waals surface area contributed by atoms with Gasteiger partial charge in [0.25, 0.3) is 0 Å². The van der Waals surface area contributed by atoms with E-state index in [9.17, 15) is 10.1 Å². The summed E-state index contributed by atoms with van der Waals surface area (Å²) < 4.78 is 1.58. The molecule has 2 heterocycles. The molecule has 20 heavy (non-hydrogen) atoms. The van der Waals surface area contributed by atoms with E-state index in [0.29, 0.717) is 18.7 Å². The second-order valence-corrected chi connectivity index (χ2v) is 4.14. The van der Waals surface area contributed by atoms with E-state index in [1.807, 2.05) is 25.1 Å². The highest BCUT2D eigenvalue weighted by atomic mass is 16.6. The van der Waals surface area contributed by atoms with Crippen LogP contribution >= 0.6 is 0 Å². The van der Waals surface area contributed by atoms with Crippen LogP contribution in [0.25, 0.3) is 0 Å². The molecule has 2 aromatic rings. The van der Waals surface area contributed by atoms with E-state index >= 15 is 0 Å². The van der Waals surface area contributed by atoms with Gasteiger partial charge in [-0.05, 0) is 18.6 Å². The standard InChI is InChI=1S/C12H15N5O3/c1-2-11-12(17(18)19)10(8-20-13)15-16(11)7-9-5-3-4-6-14-9/h3-6H,2,7-8,13H2,1H3. The van der Waals surface area contributed by atoms with Crippen molar-refractivity contribution in [1.29, 1.82) is 0 Å². The number of rotatable bonds is 6. The van der Waals surface area contributed by atoms with Crippen LogP contribution in [0.2, 0.25) is 0 Å². The summed E-state index contributed by atoms with van der Waals surface area (Å²) in [6.07, 6.45) is 2.16. The van der Waals surface area contributed by atoms with E-state index in [1.165, 1.54) is 0 Å². The van der Waals surface area contributed by atoms with Gasteiger partial charge in [0.1, 0.15) is 12.3 Å². The zero-order valence-corrected chi connectivity index (χ0v) is 11.0. The molecule has 0 aliphatic heterocycles. The summed E-state index contributed by atoms with van der Waals surface area (Å²) in [6.45, 7) is 2.11. The van der Waals surface area contributed by atoms with Gasteiger partial charge in [-0.3, -0.25) is 24.6 Å². The largest absolute Gasteiger partial charge is 0.315 e. The molecule has 8 heteroatoms. The summed E-state index contributed by atoms with van der Waals surface area (Å²) in [4.78, 5) is 19.4. The molecular formula is C12H15N5O3. The van der Waals surface area contributed by atoms with Gasteiger partial charge < -0.3 is 0 Å². The minimum atomic E-state index is -0.449. The lowest BCUT2D eigenvalue weighted by Gasteiger charge is -2.04. The Bertz CT molecular complexity index is 597. The molecule has 0 atom stereocenters. The lowest BCUT2D eigenvalue weighted by Crippen LogP contribution is -2.08. The molecule has 0 unspecified atom stereocenters. The van der Waals surface area contributed by atoms with Crippen LogP contribution in [-0.4, -0.2) is 19.7 Å². The summed E-state index contributed by atoms with van der Waals surface area (Å²) in [5.41, 5.74) is 1.51. The van der Waals surface area contributed by atoms with Gasteiger partial charge in [-0.1, -0.05) is 13.0 Å². The molecule has 0 aromatic carbocycles. The van der Waals surface area contributed by atoms with Crippen molar-refractivity contribution >= 4 is 5.69 Å². The van der Waals surface area contributed by atoms with Crippen molar-refractivity contribution in [3.63, 3.8) is 0 Å². The van der Waals surface area contributed by atoms with Crippen LogP contribution in [0, 0.1) is 10.1 Å². The smallest absolute Gasteiger partial charge is 0.298 e. The van der Waals surface area contributed by atoms with Gasteiger partial charge in [0.15, 0.2) is 5.69 Å². The first-order valence-electron chi connectivity index (χ1n) is 6.11. The van der Waals surface area contributed by atoms with E-state index in [2.05, 4.69) is 14.9 Å². The van der Waals surface area contributed by atoms with Gasteiger partial charge in [-0.25, -0.2) is 5.90 Å². The van der Waals surface area contributed by atoms with Crippen LogP contribution in [0.3, 0.4) is 0 Å². The van der Waals surface area contributed by atoms with E-state index in [4.69, 9.17) is 5.90 Å². The van der Waals surface area contributed by atoms with Crippen LogP contribution in [-0.2, 0) is 24.4 Å². The lowest BCUT2D eigenvalue weighted by atomic mass is 10.2. The zero-order chi connectivity index (χ0) is 14.5. The highest BCUT2D eigenvalue weighted by Gasteiger charge is 2.26. The fraction of sp³-hybridized carbons (Fsp3) is 0.333. The SMILES string of the molecule is CCc1c([N+](=O)[O-])c(CON)nn1Cc1ccccn1. The third-order valence-electron chi connectivity index (χ3n) is 2.88. The molecule has 0 saturated heterocycles. The number of hydrogen-bond acceptors (Lipinski definition) is 6. The van der Waals surface area contributed by atoms with Crippen molar-refractivity contribution in [2.45, 2.75) is 26.5 Å². The Morgan fingerprint density at radius 3 is 2.85 bits per heavy atom. The highest BCUT2D eigenvalue weighted by molar-refractivity contribution is 5.41. The van der Waals surface area contributed by atoms with Gasteiger partial charge in [0.05, 0.1) is 17.2 Å². The van der Waals surface area contributed by atoms with Crippen LogP contribution in [0.4, 0.5) is 5.69 Å². The average Bonchev–Trinajstić information content (AvgIpc) is 2.78. The third-order valence-corrected chi connectivity index (χ3v) is 2.88. The predicted molar refractivity (Wildman–Crippen MR) is 70.6 cm³/mol. The Morgan fingerprint density at radius 1 is 1.50 bits per heavy atom. The van der Waals surface area contributed by atoms with Crippen molar-refractivity contribution in [3.05, 3.63) is 51.6 Å².